The molecule has 0 spiro atoms. The first-order valence-electron chi connectivity index (χ1n) is 5.56. The number of hydrogen-bond donors (Lipinski definition) is 3. The third-order valence-corrected chi connectivity index (χ3v) is 3.12. The zero-order valence-corrected chi connectivity index (χ0v) is 11.3. The molecule has 0 saturated carbocycles. The van der Waals surface area contributed by atoms with Crippen LogP contribution in [0.1, 0.15) is 22.5 Å². The van der Waals surface area contributed by atoms with Crippen LogP contribution in [0.4, 0.5) is 5.82 Å². The van der Waals surface area contributed by atoms with Crippen LogP contribution in [0.3, 0.4) is 0 Å². The highest BCUT2D eigenvalue weighted by molar-refractivity contribution is 7.84. The number of aromatic nitrogens is 1. The lowest BCUT2D eigenvalue weighted by atomic mass is 10.2. The van der Waals surface area contributed by atoms with Gasteiger partial charge in [-0.05, 0) is 25.5 Å². The predicted octanol–water partition coefficient (Wildman–Crippen LogP) is 0.174. The van der Waals surface area contributed by atoms with Crippen LogP contribution in [0.15, 0.2) is 12.1 Å². The standard InChI is InChI=1S/C11H18N4O2S/c1-8-6-9(7-10(14-8)15-12)11(16)13-4-3-5-18(2)17/h6-7H,3-5,12H2,1-2H3,(H,13,16)(H,14,15). The number of pyridine rings is 1. The molecule has 0 aliphatic carbocycles. The van der Waals surface area contributed by atoms with Crippen molar-refractivity contribution in [2.24, 2.45) is 5.84 Å². The molecule has 0 aliphatic heterocycles. The van der Waals surface area contributed by atoms with Crippen LogP contribution in [0.2, 0.25) is 0 Å². The SMILES string of the molecule is Cc1cc(C(=O)NCCCS(C)=O)cc(NN)n1. The number of nitrogen functional groups attached to an aromatic ring is 1. The summed E-state index contributed by atoms with van der Waals surface area (Å²) in [6.07, 6.45) is 2.34. The van der Waals surface area contributed by atoms with Gasteiger partial charge >= 0.3 is 0 Å². The van der Waals surface area contributed by atoms with E-state index in [-0.39, 0.29) is 5.91 Å². The van der Waals surface area contributed by atoms with E-state index in [2.05, 4.69) is 15.7 Å². The highest BCUT2D eigenvalue weighted by atomic mass is 32.2. The Morgan fingerprint density at radius 3 is 2.83 bits per heavy atom. The van der Waals surface area contributed by atoms with Gasteiger partial charge in [-0.2, -0.15) is 0 Å². The number of carbonyl (C=O) groups is 1. The van der Waals surface area contributed by atoms with E-state index in [0.717, 1.165) is 0 Å². The largest absolute Gasteiger partial charge is 0.352 e. The van der Waals surface area contributed by atoms with Gasteiger partial charge in [-0.1, -0.05) is 0 Å². The van der Waals surface area contributed by atoms with E-state index in [1.807, 2.05) is 0 Å². The van der Waals surface area contributed by atoms with Crippen LogP contribution < -0.4 is 16.6 Å². The van der Waals surface area contributed by atoms with E-state index in [1.54, 1.807) is 25.3 Å². The second-order valence-corrected chi connectivity index (χ2v) is 5.47. The first kappa shape index (κ1) is 14.6. The van der Waals surface area contributed by atoms with Gasteiger partial charge in [-0.25, -0.2) is 10.8 Å². The Labute approximate surface area is 109 Å². The van der Waals surface area contributed by atoms with Gasteiger partial charge in [-0.15, -0.1) is 0 Å². The van der Waals surface area contributed by atoms with Crippen molar-refractivity contribution in [2.45, 2.75) is 13.3 Å². The summed E-state index contributed by atoms with van der Waals surface area (Å²) in [7, 11) is -0.821. The van der Waals surface area contributed by atoms with E-state index in [0.29, 0.717) is 35.8 Å². The first-order chi connectivity index (χ1) is 8.52. The molecular weight excluding hydrogens is 252 g/mol. The molecule has 0 fully saturated rings. The number of amides is 1. The van der Waals surface area contributed by atoms with Crippen LogP contribution >= 0.6 is 0 Å². The summed E-state index contributed by atoms with van der Waals surface area (Å²) >= 11 is 0. The minimum atomic E-state index is -0.821. The van der Waals surface area contributed by atoms with Crippen molar-refractivity contribution in [1.82, 2.24) is 10.3 Å². The Balaban J connectivity index is 2.55. The van der Waals surface area contributed by atoms with Crippen LogP contribution in [0.5, 0.6) is 0 Å². The molecule has 7 heteroatoms. The number of hydrogen-bond acceptors (Lipinski definition) is 5. The number of nitrogens with two attached hydrogens (primary N) is 1. The Morgan fingerprint density at radius 1 is 1.50 bits per heavy atom. The summed E-state index contributed by atoms with van der Waals surface area (Å²) in [6.45, 7) is 2.29. The highest BCUT2D eigenvalue weighted by Gasteiger charge is 2.07. The molecule has 18 heavy (non-hydrogen) atoms. The van der Waals surface area contributed by atoms with Crippen molar-refractivity contribution in [2.75, 3.05) is 24.0 Å². The Morgan fingerprint density at radius 2 is 2.22 bits per heavy atom. The van der Waals surface area contributed by atoms with Gasteiger partial charge in [0.15, 0.2) is 0 Å². The second kappa shape index (κ2) is 7.07. The van der Waals surface area contributed by atoms with Crippen LogP contribution in [0.25, 0.3) is 0 Å². The maximum Gasteiger partial charge on any atom is 0.251 e. The lowest BCUT2D eigenvalue weighted by molar-refractivity contribution is 0.0953. The van der Waals surface area contributed by atoms with Crippen molar-refractivity contribution in [3.05, 3.63) is 23.4 Å². The van der Waals surface area contributed by atoms with E-state index in [4.69, 9.17) is 5.84 Å². The molecule has 1 aromatic heterocycles. The van der Waals surface area contributed by atoms with E-state index < -0.39 is 10.8 Å². The third kappa shape index (κ3) is 4.80. The maximum absolute atomic E-state index is 11.8. The van der Waals surface area contributed by atoms with Crippen molar-refractivity contribution in [3.8, 4) is 0 Å². The molecule has 0 radical (unpaired) electrons. The normalized spacial score (nSPS) is 11.9. The monoisotopic (exact) mass is 270 g/mol. The zero-order chi connectivity index (χ0) is 13.5. The smallest absolute Gasteiger partial charge is 0.251 e. The molecule has 4 N–H and O–H groups in total. The summed E-state index contributed by atoms with van der Waals surface area (Å²) in [4.78, 5) is 15.9. The van der Waals surface area contributed by atoms with Crippen LogP contribution in [-0.2, 0) is 10.8 Å². The molecular formula is C11H18N4O2S. The maximum atomic E-state index is 11.8. The molecule has 1 unspecified atom stereocenters. The van der Waals surface area contributed by atoms with Gasteiger partial charge in [-0.3, -0.25) is 9.00 Å². The number of nitrogens with zero attached hydrogens (tertiary/aromatic N) is 1. The topological polar surface area (TPSA) is 97.1 Å². The molecule has 100 valence electrons. The number of hydrazine groups is 1. The third-order valence-electron chi connectivity index (χ3n) is 2.26. The lowest BCUT2D eigenvalue weighted by Gasteiger charge is -2.07. The minimum Gasteiger partial charge on any atom is -0.352 e. The van der Waals surface area contributed by atoms with E-state index >= 15 is 0 Å². The summed E-state index contributed by atoms with van der Waals surface area (Å²) in [6, 6.07) is 3.27. The number of aryl methyl sites for hydroxylation is 1. The molecule has 6 nitrogen and oxygen atoms in total. The highest BCUT2D eigenvalue weighted by Crippen LogP contribution is 2.08. The Bertz CT molecular complexity index is 451. The van der Waals surface area contributed by atoms with Gasteiger partial charge in [0, 0.05) is 40.6 Å². The van der Waals surface area contributed by atoms with Gasteiger partial charge in [0.25, 0.3) is 5.91 Å². The number of rotatable bonds is 6. The average molecular weight is 270 g/mol. The molecule has 1 aromatic rings. The fourth-order valence-electron chi connectivity index (χ4n) is 1.45. The zero-order valence-electron chi connectivity index (χ0n) is 10.5. The molecule has 1 atom stereocenters. The summed E-state index contributed by atoms with van der Waals surface area (Å²) in [5, 5.41) is 2.76. The quantitative estimate of drug-likeness (QED) is 0.389. The van der Waals surface area contributed by atoms with Crippen LogP contribution in [0, 0.1) is 6.92 Å². The Kier molecular flexibility index (Phi) is 5.73. The summed E-state index contributed by atoms with van der Waals surface area (Å²) < 4.78 is 10.9. The second-order valence-electron chi connectivity index (χ2n) is 3.91. The van der Waals surface area contributed by atoms with E-state index in [1.165, 1.54) is 0 Å². The molecule has 0 aliphatic rings. The molecule has 0 bridgehead atoms. The predicted molar refractivity (Wildman–Crippen MR) is 72.7 cm³/mol. The molecule has 0 saturated heterocycles. The van der Waals surface area contributed by atoms with E-state index in [9.17, 15) is 9.00 Å². The van der Waals surface area contributed by atoms with Gasteiger partial charge in [0.2, 0.25) is 0 Å². The van der Waals surface area contributed by atoms with Gasteiger partial charge < -0.3 is 10.7 Å². The van der Waals surface area contributed by atoms with Crippen LogP contribution in [-0.4, -0.2) is 33.7 Å². The van der Waals surface area contributed by atoms with Crippen molar-refractivity contribution >= 4 is 22.5 Å². The summed E-state index contributed by atoms with van der Waals surface area (Å²) in [5.74, 6) is 6.13. The molecule has 1 heterocycles. The van der Waals surface area contributed by atoms with Crippen molar-refractivity contribution < 1.29 is 9.00 Å². The van der Waals surface area contributed by atoms with Gasteiger partial charge in [0.05, 0.1) is 0 Å². The fourth-order valence-corrected chi connectivity index (χ4v) is 2.00. The fraction of sp³-hybridized carbons (Fsp3) is 0.455. The molecule has 1 rings (SSSR count). The Hall–Kier alpha value is -1.47. The molecule has 0 aromatic carbocycles. The van der Waals surface area contributed by atoms with Crippen molar-refractivity contribution in [1.29, 1.82) is 0 Å². The average Bonchev–Trinajstić information content (AvgIpc) is 2.33. The first-order valence-corrected chi connectivity index (χ1v) is 7.29. The van der Waals surface area contributed by atoms with Crippen molar-refractivity contribution in [3.63, 3.8) is 0 Å². The van der Waals surface area contributed by atoms with Gasteiger partial charge in [0.1, 0.15) is 5.82 Å². The minimum absolute atomic E-state index is 0.182. The number of anilines is 1. The number of nitrogens with one attached hydrogen (secondary N) is 2. The number of carbonyl (C=O) groups excluding carboxylic acids is 1. The molecule has 1 amide bonds. The lowest BCUT2D eigenvalue weighted by Crippen LogP contribution is -2.26. The summed E-state index contributed by atoms with van der Waals surface area (Å²) in [5.41, 5.74) is 3.63.